The zero-order valence-corrected chi connectivity index (χ0v) is 12.0. The lowest BCUT2D eigenvalue weighted by Crippen LogP contribution is -2.46. The monoisotopic (exact) mass is 265 g/mol. The van der Waals surface area contributed by atoms with E-state index in [-0.39, 0.29) is 12.0 Å². The first-order valence-corrected chi connectivity index (χ1v) is 6.79. The van der Waals surface area contributed by atoms with Gasteiger partial charge in [0.25, 0.3) is 0 Å². The smallest absolute Gasteiger partial charge is 0.219 e. The van der Waals surface area contributed by atoms with E-state index in [1.165, 1.54) is 5.56 Å². The van der Waals surface area contributed by atoms with Crippen molar-refractivity contribution >= 4 is 5.91 Å². The van der Waals surface area contributed by atoms with E-state index in [0.717, 1.165) is 31.1 Å². The summed E-state index contributed by atoms with van der Waals surface area (Å²) < 4.78 is 5.67. The molecule has 0 bridgehead atoms. The van der Waals surface area contributed by atoms with Gasteiger partial charge in [0.1, 0.15) is 0 Å². The molecule has 2 rings (SSSR count). The molecule has 1 atom stereocenters. The van der Waals surface area contributed by atoms with Crippen molar-refractivity contribution in [3.8, 4) is 0 Å². The van der Waals surface area contributed by atoms with Crippen LogP contribution in [0.4, 0.5) is 0 Å². The Morgan fingerprint density at radius 3 is 2.84 bits per heavy atom. The number of morpholine rings is 1. The van der Waals surface area contributed by atoms with Crippen molar-refractivity contribution in [3.05, 3.63) is 23.0 Å². The predicted molar refractivity (Wildman–Crippen MR) is 74.0 cm³/mol. The highest BCUT2D eigenvalue weighted by Crippen LogP contribution is 2.13. The number of aromatic amines is 1. The number of aromatic nitrogens is 1. The highest BCUT2D eigenvalue weighted by atomic mass is 16.5. The summed E-state index contributed by atoms with van der Waals surface area (Å²) in [7, 11) is 0. The minimum absolute atomic E-state index is 0.0902. The summed E-state index contributed by atoms with van der Waals surface area (Å²) in [6, 6.07) is 2.10. The molecule has 1 fully saturated rings. The predicted octanol–water partition coefficient (Wildman–Crippen LogP) is 0.968. The van der Waals surface area contributed by atoms with Gasteiger partial charge < -0.3 is 19.9 Å². The lowest BCUT2D eigenvalue weighted by atomic mass is 10.2. The lowest BCUT2D eigenvalue weighted by Gasteiger charge is -2.29. The summed E-state index contributed by atoms with van der Waals surface area (Å²) in [6.07, 6.45) is 0.0954. The first kappa shape index (κ1) is 14.1. The van der Waals surface area contributed by atoms with Gasteiger partial charge in [0.15, 0.2) is 0 Å². The number of carbonyl (C=O) groups is 1. The second-order valence-corrected chi connectivity index (χ2v) is 5.20. The van der Waals surface area contributed by atoms with Crippen molar-refractivity contribution < 1.29 is 9.53 Å². The van der Waals surface area contributed by atoms with Gasteiger partial charge in [-0.3, -0.25) is 4.79 Å². The number of hydrogen-bond acceptors (Lipinski definition) is 3. The molecule has 1 aliphatic heterocycles. The summed E-state index contributed by atoms with van der Waals surface area (Å²) in [5.41, 5.74) is 3.44. The molecule has 5 nitrogen and oxygen atoms in total. The SMILES string of the molecule is CC(=O)N(Cc1cc(C)[nH]c1C)CC1CNCCO1. The van der Waals surface area contributed by atoms with Crippen molar-refractivity contribution in [3.63, 3.8) is 0 Å². The van der Waals surface area contributed by atoms with Crippen LogP contribution in [0.1, 0.15) is 23.9 Å². The number of ether oxygens (including phenoxy) is 1. The Morgan fingerprint density at radius 1 is 1.53 bits per heavy atom. The van der Waals surface area contributed by atoms with Gasteiger partial charge in [-0.2, -0.15) is 0 Å². The van der Waals surface area contributed by atoms with Crippen LogP contribution in [-0.4, -0.2) is 48.1 Å². The molecule has 0 radical (unpaired) electrons. The molecular weight excluding hydrogens is 242 g/mol. The Kier molecular flexibility index (Phi) is 4.61. The Hall–Kier alpha value is -1.33. The first-order valence-electron chi connectivity index (χ1n) is 6.79. The zero-order valence-electron chi connectivity index (χ0n) is 12.0. The third kappa shape index (κ3) is 3.81. The quantitative estimate of drug-likeness (QED) is 0.853. The molecule has 2 heterocycles. The van der Waals surface area contributed by atoms with E-state index in [1.54, 1.807) is 6.92 Å². The van der Waals surface area contributed by atoms with Gasteiger partial charge in [-0.1, -0.05) is 0 Å². The van der Waals surface area contributed by atoms with Crippen molar-refractivity contribution in [2.24, 2.45) is 0 Å². The van der Waals surface area contributed by atoms with Crippen LogP contribution in [0.5, 0.6) is 0 Å². The van der Waals surface area contributed by atoms with E-state index in [1.807, 2.05) is 18.7 Å². The van der Waals surface area contributed by atoms with E-state index in [9.17, 15) is 4.79 Å². The van der Waals surface area contributed by atoms with Gasteiger partial charge in [-0.15, -0.1) is 0 Å². The average molecular weight is 265 g/mol. The summed E-state index contributed by atoms with van der Waals surface area (Å²) in [6.45, 7) is 9.41. The summed E-state index contributed by atoms with van der Waals surface area (Å²) in [4.78, 5) is 16.9. The largest absolute Gasteiger partial charge is 0.374 e. The zero-order chi connectivity index (χ0) is 13.8. The summed E-state index contributed by atoms with van der Waals surface area (Å²) in [5.74, 6) is 0.0902. The summed E-state index contributed by atoms with van der Waals surface area (Å²) in [5, 5.41) is 3.29. The third-order valence-corrected chi connectivity index (χ3v) is 3.49. The second-order valence-electron chi connectivity index (χ2n) is 5.20. The average Bonchev–Trinajstić information content (AvgIpc) is 2.68. The van der Waals surface area contributed by atoms with Crippen LogP contribution >= 0.6 is 0 Å². The Labute approximate surface area is 114 Å². The highest BCUT2D eigenvalue weighted by molar-refractivity contribution is 5.73. The Balaban J connectivity index is 1.99. The van der Waals surface area contributed by atoms with E-state index < -0.39 is 0 Å². The minimum Gasteiger partial charge on any atom is -0.374 e. The van der Waals surface area contributed by atoms with Gasteiger partial charge in [0, 0.05) is 44.5 Å². The minimum atomic E-state index is 0.0902. The maximum atomic E-state index is 11.8. The highest BCUT2D eigenvalue weighted by Gasteiger charge is 2.20. The molecule has 1 unspecified atom stereocenters. The van der Waals surface area contributed by atoms with Crippen molar-refractivity contribution in [2.75, 3.05) is 26.2 Å². The number of aryl methyl sites for hydroxylation is 2. The lowest BCUT2D eigenvalue weighted by molar-refractivity contribution is -0.131. The number of hydrogen-bond donors (Lipinski definition) is 2. The Morgan fingerprint density at radius 2 is 2.32 bits per heavy atom. The van der Waals surface area contributed by atoms with E-state index in [0.29, 0.717) is 13.1 Å². The first-order chi connectivity index (χ1) is 9.06. The molecular formula is C14H23N3O2. The molecule has 1 amide bonds. The van der Waals surface area contributed by atoms with Crippen LogP contribution in [0.2, 0.25) is 0 Å². The van der Waals surface area contributed by atoms with Crippen molar-refractivity contribution in [1.29, 1.82) is 0 Å². The fourth-order valence-electron chi connectivity index (χ4n) is 2.44. The molecule has 2 N–H and O–H groups in total. The normalized spacial score (nSPS) is 19.4. The number of carbonyl (C=O) groups excluding carboxylic acids is 1. The molecule has 0 spiro atoms. The molecule has 1 aliphatic rings. The molecule has 19 heavy (non-hydrogen) atoms. The number of nitrogens with one attached hydrogen (secondary N) is 2. The number of nitrogens with zero attached hydrogens (tertiary/aromatic N) is 1. The molecule has 1 aromatic rings. The summed E-state index contributed by atoms with van der Waals surface area (Å²) >= 11 is 0. The van der Waals surface area contributed by atoms with Crippen LogP contribution < -0.4 is 5.32 Å². The van der Waals surface area contributed by atoms with Crippen molar-refractivity contribution in [2.45, 2.75) is 33.4 Å². The molecule has 1 saturated heterocycles. The molecule has 106 valence electrons. The fourth-order valence-corrected chi connectivity index (χ4v) is 2.44. The maximum Gasteiger partial charge on any atom is 0.219 e. The molecule has 0 aliphatic carbocycles. The third-order valence-electron chi connectivity index (χ3n) is 3.49. The van der Waals surface area contributed by atoms with Crippen LogP contribution in [-0.2, 0) is 16.1 Å². The molecule has 5 heteroatoms. The number of amides is 1. The van der Waals surface area contributed by atoms with Crippen LogP contribution in [0.3, 0.4) is 0 Å². The van der Waals surface area contributed by atoms with E-state index >= 15 is 0 Å². The number of H-pyrrole nitrogens is 1. The topological polar surface area (TPSA) is 57.4 Å². The Bertz CT molecular complexity index is 436. The second kappa shape index (κ2) is 6.21. The van der Waals surface area contributed by atoms with Crippen LogP contribution in [0, 0.1) is 13.8 Å². The van der Waals surface area contributed by atoms with Gasteiger partial charge >= 0.3 is 0 Å². The molecule has 0 aromatic carbocycles. The van der Waals surface area contributed by atoms with Gasteiger partial charge in [0.2, 0.25) is 5.91 Å². The molecule has 1 aromatic heterocycles. The van der Waals surface area contributed by atoms with Gasteiger partial charge in [-0.05, 0) is 25.5 Å². The van der Waals surface area contributed by atoms with Crippen LogP contribution in [0.15, 0.2) is 6.07 Å². The van der Waals surface area contributed by atoms with Gasteiger partial charge in [0.05, 0.1) is 12.7 Å². The standard InChI is InChI=1S/C14H23N3O2/c1-10-6-13(11(2)16-10)8-17(12(3)18)9-14-7-15-4-5-19-14/h6,14-16H,4-5,7-9H2,1-3H3. The van der Waals surface area contributed by atoms with E-state index in [2.05, 4.69) is 16.4 Å². The molecule has 0 saturated carbocycles. The van der Waals surface area contributed by atoms with Crippen molar-refractivity contribution in [1.82, 2.24) is 15.2 Å². The van der Waals surface area contributed by atoms with Crippen LogP contribution in [0.25, 0.3) is 0 Å². The van der Waals surface area contributed by atoms with Gasteiger partial charge in [-0.25, -0.2) is 0 Å². The maximum absolute atomic E-state index is 11.8. The number of rotatable bonds is 4. The fraction of sp³-hybridized carbons (Fsp3) is 0.643. The van der Waals surface area contributed by atoms with E-state index in [4.69, 9.17) is 4.74 Å².